The third-order valence-electron chi connectivity index (χ3n) is 5.85. The Kier molecular flexibility index (Phi) is 11.7. The van der Waals surface area contributed by atoms with Gasteiger partial charge in [0.05, 0.1) is 24.3 Å². The average Bonchev–Trinajstić information content (AvgIpc) is 3.18. The summed E-state index contributed by atoms with van der Waals surface area (Å²) in [6, 6.07) is 4.59. The highest BCUT2D eigenvalue weighted by molar-refractivity contribution is 6.17. The SMILES string of the molecule is C=NC(=NCc1cccc(C(F)F)c1F)/C(CC)=C(/CC)NCCl.CC(=O)N1CC2CNC(C1)N2. The quantitative estimate of drug-likeness (QED) is 0.212. The van der Waals surface area contributed by atoms with Crippen LogP contribution in [-0.2, 0) is 11.3 Å². The number of benzene rings is 1. The molecular formula is C24H34ClF3N6O. The molecule has 2 saturated heterocycles. The van der Waals surface area contributed by atoms with Crippen LogP contribution >= 0.6 is 11.6 Å². The summed E-state index contributed by atoms with van der Waals surface area (Å²) >= 11 is 5.71. The van der Waals surface area contributed by atoms with E-state index in [9.17, 15) is 18.0 Å². The van der Waals surface area contributed by atoms with Crippen LogP contribution in [0.5, 0.6) is 0 Å². The predicted octanol–water partition coefficient (Wildman–Crippen LogP) is 3.96. The van der Waals surface area contributed by atoms with Crippen LogP contribution < -0.4 is 16.0 Å². The van der Waals surface area contributed by atoms with Crippen LogP contribution in [0.1, 0.15) is 51.2 Å². The van der Waals surface area contributed by atoms with Crippen molar-refractivity contribution in [1.29, 1.82) is 0 Å². The Labute approximate surface area is 209 Å². The Bertz CT molecular complexity index is 928. The summed E-state index contributed by atoms with van der Waals surface area (Å²) in [7, 11) is 0. The molecule has 194 valence electrons. The normalized spacial score (nSPS) is 20.2. The lowest BCUT2D eigenvalue weighted by atomic mass is 10.1. The smallest absolute Gasteiger partial charge is 0.266 e. The third-order valence-corrected chi connectivity index (χ3v) is 5.98. The summed E-state index contributed by atoms with van der Waals surface area (Å²) in [4.78, 5) is 21.0. The lowest BCUT2D eigenvalue weighted by Crippen LogP contribution is -2.54. The minimum Gasteiger partial charge on any atom is -0.375 e. The molecule has 0 spiro atoms. The molecule has 0 radical (unpaired) electrons. The van der Waals surface area contributed by atoms with Crippen molar-refractivity contribution in [1.82, 2.24) is 20.9 Å². The molecule has 35 heavy (non-hydrogen) atoms. The lowest BCUT2D eigenvalue weighted by Gasteiger charge is -2.31. The first-order chi connectivity index (χ1) is 16.7. The van der Waals surface area contributed by atoms with Gasteiger partial charge in [-0.05, 0) is 19.6 Å². The van der Waals surface area contributed by atoms with Crippen LogP contribution in [0, 0.1) is 5.82 Å². The van der Waals surface area contributed by atoms with Crippen molar-refractivity contribution in [3.63, 3.8) is 0 Å². The van der Waals surface area contributed by atoms with E-state index in [1.165, 1.54) is 12.1 Å². The number of nitrogens with zero attached hydrogens (tertiary/aromatic N) is 3. The second kappa shape index (κ2) is 14.2. The highest BCUT2D eigenvalue weighted by Crippen LogP contribution is 2.24. The summed E-state index contributed by atoms with van der Waals surface area (Å²) in [6.07, 6.45) is -1.21. The molecule has 3 N–H and O–H groups in total. The summed E-state index contributed by atoms with van der Waals surface area (Å²) in [6.45, 7) is 11.6. The highest BCUT2D eigenvalue weighted by Gasteiger charge is 2.32. The van der Waals surface area contributed by atoms with Crippen LogP contribution in [0.25, 0.3) is 0 Å². The molecule has 2 aliphatic rings. The van der Waals surface area contributed by atoms with E-state index in [-0.39, 0.29) is 24.0 Å². The minimum atomic E-state index is -2.86. The Morgan fingerprint density at radius 2 is 2.06 bits per heavy atom. The van der Waals surface area contributed by atoms with Gasteiger partial charge in [-0.2, -0.15) is 0 Å². The first-order valence-electron chi connectivity index (χ1n) is 11.6. The van der Waals surface area contributed by atoms with Gasteiger partial charge >= 0.3 is 0 Å². The maximum Gasteiger partial charge on any atom is 0.266 e. The van der Waals surface area contributed by atoms with Crippen molar-refractivity contribution in [2.45, 2.75) is 58.8 Å². The largest absolute Gasteiger partial charge is 0.375 e. The van der Waals surface area contributed by atoms with Gasteiger partial charge < -0.3 is 10.2 Å². The molecule has 1 aromatic rings. The number of fused-ring (bicyclic) bond motifs is 2. The van der Waals surface area contributed by atoms with Gasteiger partial charge in [0.1, 0.15) is 5.82 Å². The first-order valence-corrected chi connectivity index (χ1v) is 12.1. The van der Waals surface area contributed by atoms with Crippen LogP contribution in [0.2, 0.25) is 0 Å². The monoisotopic (exact) mass is 514 g/mol. The van der Waals surface area contributed by atoms with Crippen molar-refractivity contribution in [2.75, 3.05) is 25.6 Å². The van der Waals surface area contributed by atoms with Crippen LogP contribution in [0.15, 0.2) is 39.5 Å². The lowest BCUT2D eigenvalue weighted by molar-refractivity contribution is -0.130. The number of amides is 1. The van der Waals surface area contributed by atoms with E-state index < -0.39 is 17.8 Å². The van der Waals surface area contributed by atoms with Gasteiger partial charge in [-0.3, -0.25) is 20.4 Å². The zero-order valence-corrected chi connectivity index (χ0v) is 21.1. The van der Waals surface area contributed by atoms with Crippen molar-refractivity contribution in [3.8, 4) is 0 Å². The molecule has 11 heteroatoms. The number of alkyl halides is 3. The first kappa shape index (κ1) is 28.8. The number of carbonyl (C=O) groups is 1. The maximum absolute atomic E-state index is 14.1. The topological polar surface area (TPSA) is 81.1 Å². The molecule has 1 aromatic carbocycles. The van der Waals surface area contributed by atoms with E-state index >= 15 is 0 Å². The second-order valence-corrected chi connectivity index (χ2v) is 8.41. The Balaban J connectivity index is 0.000000322. The van der Waals surface area contributed by atoms with E-state index in [0.717, 1.165) is 37.0 Å². The van der Waals surface area contributed by atoms with Gasteiger partial charge in [0, 0.05) is 49.4 Å². The second-order valence-electron chi connectivity index (χ2n) is 8.14. The average molecular weight is 515 g/mol. The van der Waals surface area contributed by atoms with Gasteiger partial charge in [0.15, 0.2) is 5.84 Å². The third kappa shape index (κ3) is 8.05. The van der Waals surface area contributed by atoms with E-state index in [1.54, 1.807) is 6.92 Å². The van der Waals surface area contributed by atoms with E-state index in [1.807, 2.05) is 18.7 Å². The number of hydrogen-bond acceptors (Lipinski definition) is 5. The molecule has 2 heterocycles. The fraction of sp³-hybridized carbons (Fsp3) is 0.542. The molecule has 2 aliphatic heterocycles. The molecular weight excluding hydrogens is 481 g/mol. The highest BCUT2D eigenvalue weighted by atomic mass is 35.5. The van der Waals surface area contributed by atoms with E-state index in [0.29, 0.717) is 30.9 Å². The minimum absolute atomic E-state index is 0.0905. The van der Waals surface area contributed by atoms with Gasteiger partial charge in [0.25, 0.3) is 6.43 Å². The van der Waals surface area contributed by atoms with E-state index in [2.05, 4.69) is 32.7 Å². The number of piperazine rings is 1. The summed E-state index contributed by atoms with van der Waals surface area (Å²) in [5.41, 5.74) is 1.16. The number of carbonyl (C=O) groups excluding carboxylic acids is 1. The van der Waals surface area contributed by atoms with Crippen LogP contribution in [0.3, 0.4) is 0 Å². The van der Waals surface area contributed by atoms with E-state index in [4.69, 9.17) is 11.6 Å². The Morgan fingerprint density at radius 1 is 1.31 bits per heavy atom. The molecule has 1 amide bonds. The standard InChI is InChI=1S/C17H21ClF3N3.C7H13N3O/c1-4-12(14(5-2)24-10-18)17(22-3)23-9-11-7-6-8-13(15(11)19)16(20)21;1-5(11)10-3-6-2-8-7(4-10)9-6/h6-8,16,24H,3-5,9-10H2,1-2H3;6-9H,2-4H2,1H3/b14-12-,23-17?;. The van der Waals surface area contributed by atoms with Crippen molar-refractivity contribution >= 4 is 30.1 Å². The number of hydrogen-bond donors (Lipinski definition) is 3. The summed E-state index contributed by atoms with van der Waals surface area (Å²) in [5.74, 6) is -0.393. The molecule has 0 aromatic heterocycles. The molecule has 0 saturated carbocycles. The van der Waals surface area contributed by atoms with Gasteiger partial charge in [-0.15, -0.1) is 11.6 Å². The zero-order chi connectivity index (χ0) is 26.0. The number of amidine groups is 1. The molecule has 0 aliphatic carbocycles. The Hall–Kier alpha value is -2.43. The molecule has 2 unspecified atom stereocenters. The van der Waals surface area contributed by atoms with Crippen LogP contribution in [0.4, 0.5) is 13.2 Å². The fourth-order valence-corrected chi connectivity index (χ4v) is 4.22. The van der Waals surface area contributed by atoms with Gasteiger partial charge in [-0.25, -0.2) is 18.2 Å². The molecule has 3 rings (SSSR count). The summed E-state index contributed by atoms with van der Waals surface area (Å²) < 4.78 is 39.6. The summed E-state index contributed by atoms with van der Waals surface area (Å²) in [5, 5.41) is 9.70. The fourth-order valence-electron chi connectivity index (χ4n) is 4.06. The number of halogens is 4. The number of rotatable bonds is 8. The molecule has 2 fully saturated rings. The Morgan fingerprint density at radius 3 is 2.60 bits per heavy atom. The predicted molar refractivity (Wildman–Crippen MR) is 134 cm³/mol. The van der Waals surface area contributed by atoms with Crippen LogP contribution in [-0.4, -0.2) is 61.2 Å². The van der Waals surface area contributed by atoms with Gasteiger partial charge in [-0.1, -0.05) is 32.0 Å². The number of allylic oxidation sites excluding steroid dienone is 1. The van der Waals surface area contributed by atoms with Crippen molar-refractivity contribution in [2.24, 2.45) is 9.98 Å². The maximum atomic E-state index is 14.1. The number of nitrogens with one attached hydrogen (secondary N) is 3. The van der Waals surface area contributed by atoms with Crippen molar-refractivity contribution < 1.29 is 18.0 Å². The zero-order valence-electron chi connectivity index (χ0n) is 20.4. The molecule has 7 nitrogen and oxygen atoms in total. The number of aliphatic imine (C=N–C) groups is 2. The van der Waals surface area contributed by atoms with Gasteiger partial charge in [0.2, 0.25) is 5.91 Å². The molecule has 2 atom stereocenters. The molecule has 2 bridgehead atoms. The van der Waals surface area contributed by atoms with Crippen molar-refractivity contribution in [3.05, 3.63) is 46.4 Å².